The van der Waals surface area contributed by atoms with Crippen LogP contribution < -0.4 is 4.74 Å². The molecule has 3 rings (SSSR count). The van der Waals surface area contributed by atoms with E-state index < -0.39 is 6.10 Å². The summed E-state index contributed by atoms with van der Waals surface area (Å²) in [6, 6.07) is 17.2. The number of amides is 1. The summed E-state index contributed by atoms with van der Waals surface area (Å²) in [6.07, 6.45) is 0.00394. The average Bonchev–Trinajstić information content (AvgIpc) is 3.15. The Morgan fingerprint density at radius 3 is 2.67 bits per heavy atom. The van der Waals surface area contributed by atoms with Crippen LogP contribution in [0.4, 0.5) is 0 Å². The average molecular weight is 365 g/mol. The van der Waals surface area contributed by atoms with Crippen molar-refractivity contribution in [3.8, 4) is 17.1 Å². The maximum atomic E-state index is 12.8. The lowest BCUT2D eigenvalue weighted by molar-refractivity contribution is -0.138. The molecule has 1 unspecified atom stereocenters. The molecule has 0 N–H and O–H groups in total. The lowest BCUT2D eigenvalue weighted by Crippen LogP contribution is -2.39. The molecule has 0 spiro atoms. The van der Waals surface area contributed by atoms with E-state index in [9.17, 15) is 4.79 Å². The van der Waals surface area contributed by atoms with Crippen molar-refractivity contribution >= 4 is 5.91 Å². The highest BCUT2D eigenvalue weighted by Gasteiger charge is 2.24. The second kappa shape index (κ2) is 8.49. The molecule has 1 atom stereocenters. The molecule has 2 aromatic carbocycles. The van der Waals surface area contributed by atoms with Crippen molar-refractivity contribution in [2.45, 2.75) is 32.9 Å². The van der Waals surface area contributed by atoms with Gasteiger partial charge in [-0.1, -0.05) is 54.5 Å². The molecule has 6 nitrogen and oxygen atoms in total. The SMILES string of the molecule is CCC(Oc1cccc(C)c1)C(=O)N(C)Cc1nc(-c2ccccc2)no1. The Hall–Kier alpha value is -3.15. The number of benzene rings is 2. The number of likely N-dealkylation sites (N-methyl/N-ethyl adjacent to an activating group) is 1. The molecule has 0 aliphatic rings. The molecule has 0 bridgehead atoms. The number of nitrogens with zero attached hydrogens (tertiary/aromatic N) is 3. The van der Waals surface area contributed by atoms with Gasteiger partial charge in [0.05, 0.1) is 6.54 Å². The summed E-state index contributed by atoms with van der Waals surface area (Å²) in [5.41, 5.74) is 1.96. The van der Waals surface area contributed by atoms with Crippen LogP contribution >= 0.6 is 0 Å². The normalized spacial score (nSPS) is 11.8. The van der Waals surface area contributed by atoms with Gasteiger partial charge in [0.25, 0.3) is 5.91 Å². The van der Waals surface area contributed by atoms with Gasteiger partial charge in [0.1, 0.15) is 5.75 Å². The number of aromatic nitrogens is 2. The van der Waals surface area contributed by atoms with E-state index in [2.05, 4.69) is 10.1 Å². The molecule has 6 heteroatoms. The van der Waals surface area contributed by atoms with E-state index in [0.717, 1.165) is 11.1 Å². The van der Waals surface area contributed by atoms with Gasteiger partial charge in [-0.05, 0) is 31.0 Å². The number of carbonyl (C=O) groups excluding carboxylic acids is 1. The van der Waals surface area contributed by atoms with Crippen LogP contribution in [-0.4, -0.2) is 34.1 Å². The van der Waals surface area contributed by atoms with Crippen molar-refractivity contribution < 1.29 is 14.1 Å². The number of hydrogen-bond acceptors (Lipinski definition) is 5. The lowest BCUT2D eigenvalue weighted by Gasteiger charge is -2.22. The van der Waals surface area contributed by atoms with E-state index >= 15 is 0 Å². The molecule has 1 heterocycles. The van der Waals surface area contributed by atoms with E-state index in [0.29, 0.717) is 23.9 Å². The van der Waals surface area contributed by atoms with Crippen molar-refractivity contribution in [3.63, 3.8) is 0 Å². The number of ether oxygens (including phenoxy) is 1. The molecule has 0 saturated carbocycles. The van der Waals surface area contributed by atoms with Crippen LogP contribution in [0.15, 0.2) is 59.1 Å². The Labute approximate surface area is 158 Å². The standard InChI is InChI=1S/C21H23N3O3/c1-4-18(26-17-12-8-9-15(2)13-17)21(25)24(3)14-19-22-20(23-27-19)16-10-6-5-7-11-16/h5-13,18H,4,14H2,1-3H3. The van der Waals surface area contributed by atoms with E-state index in [1.54, 1.807) is 11.9 Å². The Kier molecular flexibility index (Phi) is 5.86. The van der Waals surface area contributed by atoms with Crippen LogP contribution in [0.25, 0.3) is 11.4 Å². The van der Waals surface area contributed by atoms with Gasteiger partial charge in [-0.15, -0.1) is 0 Å². The predicted molar refractivity (Wildman–Crippen MR) is 102 cm³/mol. The van der Waals surface area contributed by atoms with Gasteiger partial charge >= 0.3 is 0 Å². The van der Waals surface area contributed by atoms with Crippen molar-refractivity contribution in [2.24, 2.45) is 0 Å². The molecular weight excluding hydrogens is 342 g/mol. The summed E-state index contributed by atoms with van der Waals surface area (Å²) >= 11 is 0. The van der Waals surface area contributed by atoms with Gasteiger partial charge < -0.3 is 14.2 Å². The Bertz CT molecular complexity index is 892. The Morgan fingerprint density at radius 2 is 1.96 bits per heavy atom. The molecule has 0 aliphatic heterocycles. The largest absolute Gasteiger partial charge is 0.481 e. The fourth-order valence-corrected chi connectivity index (χ4v) is 2.71. The van der Waals surface area contributed by atoms with Crippen LogP contribution in [0.1, 0.15) is 24.8 Å². The van der Waals surface area contributed by atoms with Crippen LogP contribution in [0.2, 0.25) is 0 Å². The van der Waals surface area contributed by atoms with Crippen LogP contribution in [0.3, 0.4) is 0 Å². The maximum absolute atomic E-state index is 12.8. The molecule has 27 heavy (non-hydrogen) atoms. The fourth-order valence-electron chi connectivity index (χ4n) is 2.71. The molecule has 3 aromatic rings. The second-order valence-corrected chi connectivity index (χ2v) is 6.40. The van der Waals surface area contributed by atoms with Gasteiger partial charge in [0.15, 0.2) is 6.10 Å². The zero-order chi connectivity index (χ0) is 19.2. The smallest absolute Gasteiger partial charge is 0.263 e. The molecular formula is C21H23N3O3. The van der Waals surface area contributed by atoms with Crippen molar-refractivity contribution in [2.75, 3.05) is 7.05 Å². The van der Waals surface area contributed by atoms with Gasteiger partial charge in [-0.2, -0.15) is 4.98 Å². The third kappa shape index (κ3) is 4.73. The first-order chi connectivity index (χ1) is 13.1. The molecule has 0 aliphatic carbocycles. The highest BCUT2D eigenvalue weighted by Crippen LogP contribution is 2.18. The zero-order valence-electron chi connectivity index (χ0n) is 15.8. The summed E-state index contributed by atoms with van der Waals surface area (Å²) in [5, 5.41) is 3.99. The third-order valence-electron chi connectivity index (χ3n) is 4.16. The predicted octanol–water partition coefficient (Wildman–Crippen LogP) is 3.86. The monoisotopic (exact) mass is 365 g/mol. The molecule has 1 aromatic heterocycles. The van der Waals surface area contributed by atoms with Gasteiger partial charge in [-0.25, -0.2) is 0 Å². The molecule has 1 amide bonds. The third-order valence-corrected chi connectivity index (χ3v) is 4.16. The first-order valence-corrected chi connectivity index (χ1v) is 8.93. The first-order valence-electron chi connectivity index (χ1n) is 8.93. The topological polar surface area (TPSA) is 68.5 Å². The second-order valence-electron chi connectivity index (χ2n) is 6.40. The minimum absolute atomic E-state index is 0.126. The van der Waals surface area contributed by atoms with Gasteiger partial charge in [0.2, 0.25) is 11.7 Å². The van der Waals surface area contributed by atoms with Crippen molar-refractivity contribution in [1.29, 1.82) is 0 Å². The van der Waals surface area contributed by atoms with Crippen molar-refractivity contribution in [3.05, 3.63) is 66.1 Å². The number of carbonyl (C=O) groups is 1. The van der Waals surface area contributed by atoms with E-state index in [1.807, 2.05) is 68.4 Å². The highest BCUT2D eigenvalue weighted by molar-refractivity contribution is 5.80. The fraction of sp³-hybridized carbons (Fsp3) is 0.286. The lowest BCUT2D eigenvalue weighted by atomic mass is 10.2. The number of hydrogen-bond donors (Lipinski definition) is 0. The summed E-state index contributed by atoms with van der Waals surface area (Å²) in [4.78, 5) is 18.7. The minimum Gasteiger partial charge on any atom is -0.481 e. The quantitative estimate of drug-likeness (QED) is 0.636. The summed E-state index contributed by atoms with van der Waals surface area (Å²) in [5.74, 6) is 1.45. The first kappa shape index (κ1) is 18.6. The molecule has 0 fully saturated rings. The van der Waals surface area contributed by atoms with Crippen LogP contribution in [0, 0.1) is 6.92 Å². The summed E-state index contributed by atoms with van der Waals surface area (Å²) < 4.78 is 11.2. The summed E-state index contributed by atoms with van der Waals surface area (Å²) in [6.45, 7) is 4.14. The molecule has 0 saturated heterocycles. The van der Waals surface area contributed by atoms with Gasteiger partial charge in [0, 0.05) is 12.6 Å². The van der Waals surface area contributed by atoms with Crippen molar-refractivity contribution in [1.82, 2.24) is 15.0 Å². The van der Waals surface area contributed by atoms with Gasteiger partial charge in [-0.3, -0.25) is 4.79 Å². The zero-order valence-corrected chi connectivity index (χ0v) is 15.8. The molecule has 140 valence electrons. The highest BCUT2D eigenvalue weighted by atomic mass is 16.5. The number of rotatable bonds is 7. The molecule has 0 radical (unpaired) electrons. The Balaban J connectivity index is 1.65. The minimum atomic E-state index is -0.562. The van der Waals surface area contributed by atoms with Crippen LogP contribution in [-0.2, 0) is 11.3 Å². The number of aryl methyl sites for hydroxylation is 1. The maximum Gasteiger partial charge on any atom is 0.263 e. The summed E-state index contributed by atoms with van der Waals surface area (Å²) in [7, 11) is 1.71. The van der Waals surface area contributed by atoms with E-state index in [1.165, 1.54) is 0 Å². The van der Waals surface area contributed by atoms with E-state index in [4.69, 9.17) is 9.26 Å². The van der Waals surface area contributed by atoms with Crippen LogP contribution in [0.5, 0.6) is 5.75 Å². The Morgan fingerprint density at radius 1 is 1.19 bits per heavy atom. The van der Waals surface area contributed by atoms with E-state index in [-0.39, 0.29) is 12.5 Å².